The van der Waals surface area contributed by atoms with Gasteiger partial charge in [0.15, 0.2) is 0 Å². The van der Waals surface area contributed by atoms with E-state index in [1.165, 1.54) is 10.9 Å². The fourth-order valence-corrected chi connectivity index (χ4v) is 2.54. The molecule has 0 aliphatic heterocycles. The van der Waals surface area contributed by atoms with Crippen molar-refractivity contribution in [3.63, 3.8) is 0 Å². The summed E-state index contributed by atoms with van der Waals surface area (Å²) in [5.41, 5.74) is 10.1. The molecular formula is C15H20N2O. The lowest BCUT2D eigenvalue weighted by Gasteiger charge is -2.14. The minimum Gasteiger partial charge on any atom is -0.330 e. The van der Waals surface area contributed by atoms with Crippen molar-refractivity contribution in [2.24, 2.45) is 5.73 Å². The van der Waals surface area contributed by atoms with Gasteiger partial charge in [0.1, 0.15) is 0 Å². The van der Waals surface area contributed by atoms with Gasteiger partial charge in [0, 0.05) is 18.0 Å². The Morgan fingerprint density at radius 2 is 1.83 bits per heavy atom. The van der Waals surface area contributed by atoms with Crippen molar-refractivity contribution >= 4 is 10.9 Å². The summed E-state index contributed by atoms with van der Waals surface area (Å²) in [6.07, 6.45) is 0.825. The minimum atomic E-state index is 0.0698. The monoisotopic (exact) mass is 244 g/mol. The molecule has 0 bridgehead atoms. The molecule has 1 aromatic carbocycles. The number of pyridine rings is 1. The maximum Gasteiger partial charge on any atom is 0.251 e. The minimum absolute atomic E-state index is 0.0698. The third-order valence-electron chi connectivity index (χ3n) is 3.33. The van der Waals surface area contributed by atoms with Gasteiger partial charge in [-0.3, -0.25) is 4.79 Å². The molecular weight excluding hydrogens is 224 g/mol. The molecule has 0 fully saturated rings. The quantitative estimate of drug-likeness (QED) is 0.900. The van der Waals surface area contributed by atoms with Gasteiger partial charge in [0.2, 0.25) is 0 Å². The van der Waals surface area contributed by atoms with Crippen LogP contribution in [0.1, 0.15) is 23.1 Å². The Morgan fingerprint density at radius 3 is 2.50 bits per heavy atom. The molecule has 0 spiro atoms. The lowest BCUT2D eigenvalue weighted by atomic mass is 10.0. The van der Waals surface area contributed by atoms with Crippen LogP contribution in [-0.2, 0) is 6.54 Å². The molecule has 3 heteroatoms. The lowest BCUT2D eigenvalue weighted by molar-refractivity contribution is 0.648. The largest absolute Gasteiger partial charge is 0.330 e. The SMILES string of the molecule is Cc1cc(C)c2c(c1)c(C)cc(=O)n2CCCN. The maximum atomic E-state index is 12.1. The third kappa shape index (κ3) is 2.18. The molecule has 1 aromatic heterocycles. The van der Waals surface area contributed by atoms with Gasteiger partial charge in [-0.2, -0.15) is 0 Å². The summed E-state index contributed by atoms with van der Waals surface area (Å²) in [5.74, 6) is 0. The molecule has 0 unspecified atom stereocenters. The summed E-state index contributed by atoms with van der Waals surface area (Å²) in [4.78, 5) is 12.1. The summed E-state index contributed by atoms with van der Waals surface area (Å²) in [6.45, 7) is 7.44. The topological polar surface area (TPSA) is 48.0 Å². The molecule has 0 saturated heterocycles. The first-order chi connectivity index (χ1) is 8.54. The summed E-state index contributed by atoms with van der Waals surface area (Å²) in [5, 5.41) is 1.17. The van der Waals surface area contributed by atoms with Crippen molar-refractivity contribution in [3.05, 3.63) is 45.2 Å². The highest BCUT2D eigenvalue weighted by atomic mass is 16.1. The summed E-state index contributed by atoms with van der Waals surface area (Å²) < 4.78 is 1.85. The van der Waals surface area contributed by atoms with Crippen LogP contribution in [0.4, 0.5) is 0 Å². The van der Waals surface area contributed by atoms with Crippen LogP contribution in [0.5, 0.6) is 0 Å². The van der Waals surface area contributed by atoms with E-state index in [1.54, 1.807) is 6.07 Å². The van der Waals surface area contributed by atoms with E-state index in [-0.39, 0.29) is 5.56 Å². The Morgan fingerprint density at radius 1 is 1.11 bits per heavy atom. The average molecular weight is 244 g/mol. The second kappa shape index (κ2) is 4.94. The number of aromatic nitrogens is 1. The van der Waals surface area contributed by atoms with Gasteiger partial charge in [-0.05, 0) is 50.9 Å². The number of nitrogens with zero attached hydrogens (tertiary/aromatic N) is 1. The van der Waals surface area contributed by atoms with Gasteiger partial charge in [-0.15, -0.1) is 0 Å². The van der Waals surface area contributed by atoms with Gasteiger partial charge in [-0.1, -0.05) is 11.6 Å². The smallest absolute Gasteiger partial charge is 0.251 e. The molecule has 1 heterocycles. The van der Waals surface area contributed by atoms with Gasteiger partial charge in [0.05, 0.1) is 5.52 Å². The molecule has 2 aromatic rings. The molecule has 0 amide bonds. The van der Waals surface area contributed by atoms with E-state index >= 15 is 0 Å². The van der Waals surface area contributed by atoms with E-state index < -0.39 is 0 Å². The van der Waals surface area contributed by atoms with Crippen molar-refractivity contribution < 1.29 is 0 Å². The van der Waals surface area contributed by atoms with Crippen molar-refractivity contribution in [1.29, 1.82) is 0 Å². The Bertz CT molecular complexity index is 641. The van der Waals surface area contributed by atoms with Crippen molar-refractivity contribution in [1.82, 2.24) is 4.57 Å². The maximum absolute atomic E-state index is 12.1. The van der Waals surface area contributed by atoms with Crippen LogP contribution in [0.3, 0.4) is 0 Å². The van der Waals surface area contributed by atoms with Crippen molar-refractivity contribution in [3.8, 4) is 0 Å². The number of nitrogens with two attached hydrogens (primary N) is 1. The van der Waals surface area contributed by atoms with E-state index in [0.29, 0.717) is 13.1 Å². The molecule has 0 aliphatic rings. The second-order valence-electron chi connectivity index (χ2n) is 4.94. The predicted octanol–water partition coefficient (Wildman–Crippen LogP) is 2.28. The van der Waals surface area contributed by atoms with E-state index in [1.807, 2.05) is 11.5 Å². The second-order valence-corrected chi connectivity index (χ2v) is 4.94. The number of rotatable bonds is 3. The van der Waals surface area contributed by atoms with Gasteiger partial charge >= 0.3 is 0 Å². The Hall–Kier alpha value is -1.61. The van der Waals surface area contributed by atoms with Crippen molar-refractivity contribution in [2.75, 3.05) is 6.54 Å². The van der Waals surface area contributed by atoms with E-state index in [2.05, 4.69) is 26.0 Å². The normalized spacial score (nSPS) is 11.1. The van der Waals surface area contributed by atoms with E-state index in [9.17, 15) is 4.79 Å². The van der Waals surface area contributed by atoms with Crippen LogP contribution < -0.4 is 11.3 Å². The van der Waals surface area contributed by atoms with Crippen LogP contribution in [0, 0.1) is 20.8 Å². The fourth-order valence-electron chi connectivity index (χ4n) is 2.54. The van der Waals surface area contributed by atoms with E-state index in [0.717, 1.165) is 23.1 Å². The van der Waals surface area contributed by atoms with Crippen LogP contribution in [-0.4, -0.2) is 11.1 Å². The number of hydrogen-bond acceptors (Lipinski definition) is 2. The summed E-state index contributed by atoms with van der Waals surface area (Å²) >= 11 is 0. The van der Waals surface area contributed by atoms with Crippen LogP contribution in [0.2, 0.25) is 0 Å². The van der Waals surface area contributed by atoms with Crippen LogP contribution >= 0.6 is 0 Å². The van der Waals surface area contributed by atoms with Gasteiger partial charge < -0.3 is 10.3 Å². The molecule has 2 rings (SSSR count). The highest BCUT2D eigenvalue weighted by molar-refractivity contribution is 5.86. The zero-order valence-corrected chi connectivity index (χ0v) is 11.3. The predicted molar refractivity (Wildman–Crippen MR) is 76.1 cm³/mol. The standard InChI is InChI=1S/C15H20N2O/c1-10-7-12(3)15-13(8-10)11(2)9-14(18)17(15)6-4-5-16/h7-9H,4-6,16H2,1-3H3. The van der Waals surface area contributed by atoms with E-state index in [4.69, 9.17) is 5.73 Å². The van der Waals surface area contributed by atoms with Crippen LogP contribution in [0.15, 0.2) is 23.0 Å². The first-order valence-corrected chi connectivity index (χ1v) is 6.36. The van der Waals surface area contributed by atoms with Gasteiger partial charge in [-0.25, -0.2) is 0 Å². The average Bonchev–Trinajstić information content (AvgIpc) is 2.29. The summed E-state index contributed by atoms with van der Waals surface area (Å²) in [7, 11) is 0. The third-order valence-corrected chi connectivity index (χ3v) is 3.33. The number of hydrogen-bond donors (Lipinski definition) is 1. The Labute approximate surface area is 107 Å². The molecule has 0 atom stereocenters. The first kappa shape index (κ1) is 12.8. The molecule has 2 N–H and O–H groups in total. The Balaban J connectivity index is 2.80. The lowest BCUT2D eigenvalue weighted by Crippen LogP contribution is -2.22. The molecule has 0 saturated carbocycles. The van der Waals surface area contributed by atoms with Crippen LogP contribution in [0.25, 0.3) is 10.9 Å². The zero-order chi connectivity index (χ0) is 13.3. The Kier molecular flexibility index (Phi) is 3.53. The first-order valence-electron chi connectivity index (χ1n) is 6.36. The van der Waals surface area contributed by atoms with Crippen molar-refractivity contribution in [2.45, 2.75) is 33.7 Å². The number of aryl methyl sites for hydroxylation is 4. The zero-order valence-electron chi connectivity index (χ0n) is 11.3. The summed E-state index contributed by atoms with van der Waals surface area (Å²) in [6, 6.07) is 5.99. The number of benzene rings is 1. The molecule has 18 heavy (non-hydrogen) atoms. The molecule has 96 valence electrons. The van der Waals surface area contributed by atoms with Gasteiger partial charge in [0.25, 0.3) is 5.56 Å². The molecule has 0 aliphatic carbocycles. The molecule has 0 radical (unpaired) electrons. The molecule has 3 nitrogen and oxygen atoms in total. The fraction of sp³-hybridized carbons (Fsp3) is 0.400. The highest BCUT2D eigenvalue weighted by Gasteiger charge is 2.09. The highest BCUT2D eigenvalue weighted by Crippen LogP contribution is 2.22. The number of fused-ring (bicyclic) bond motifs is 1.